The monoisotopic (exact) mass is 393 g/mol. The number of nitrogens with one attached hydrogen (secondary N) is 1. The third-order valence-electron chi connectivity index (χ3n) is 5.86. The molecule has 2 fully saturated rings. The van der Waals surface area contributed by atoms with Gasteiger partial charge in [-0.15, -0.1) is 0 Å². The Bertz CT molecular complexity index is 613. The molecule has 3 heterocycles. The number of nitrogens with zero attached hydrogens (tertiary/aromatic N) is 4. The Hall–Kier alpha value is -1.51. The fraction of sp³-hybridized carbons (Fsp3) is 0.850. The molecular formula is C20H35N5O3. The van der Waals surface area contributed by atoms with Crippen LogP contribution in [0, 0.1) is 5.92 Å². The highest BCUT2D eigenvalue weighted by molar-refractivity contribution is 5.78. The molecule has 0 radical (unpaired) electrons. The third-order valence-corrected chi connectivity index (χ3v) is 5.86. The van der Waals surface area contributed by atoms with Crippen LogP contribution in [-0.4, -0.2) is 78.3 Å². The van der Waals surface area contributed by atoms with Crippen LogP contribution >= 0.6 is 0 Å². The van der Waals surface area contributed by atoms with E-state index < -0.39 is 0 Å². The summed E-state index contributed by atoms with van der Waals surface area (Å²) >= 11 is 0. The lowest BCUT2D eigenvalue weighted by Gasteiger charge is -2.41. The van der Waals surface area contributed by atoms with Crippen molar-refractivity contribution in [1.82, 2.24) is 25.3 Å². The van der Waals surface area contributed by atoms with E-state index in [2.05, 4.69) is 39.1 Å². The van der Waals surface area contributed by atoms with Crippen LogP contribution in [0.1, 0.15) is 57.2 Å². The summed E-state index contributed by atoms with van der Waals surface area (Å²) in [6, 6.07) is 0.569. The average Bonchev–Trinajstić information content (AvgIpc) is 3.18. The molecule has 2 saturated heterocycles. The largest absolute Gasteiger partial charge is 0.383 e. The molecule has 8 nitrogen and oxygen atoms in total. The quantitative estimate of drug-likeness (QED) is 0.672. The van der Waals surface area contributed by atoms with Gasteiger partial charge in [0.15, 0.2) is 5.82 Å². The van der Waals surface area contributed by atoms with Gasteiger partial charge in [-0.05, 0) is 32.2 Å². The first-order chi connectivity index (χ1) is 13.6. The smallest absolute Gasteiger partial charge is 0.240 e. The number of methoxy groups -OCH3 is 1. The van der Waals surface area contributed by atoms with Crippen molar-refractivity contribution in [2.24, 2.45) is 5.92 Å². The zero-order valence-corrected chi connectivity index (χ0v) is 17.5. The fourth-order valence-electron chi connectivity index (χ4n) is 4.17. The standard InChI is InChI=1S/C20H35N5O3/c1-15(2)19-22-18(28-23-19)14-24-10-6-17(7-11-24)25-9-4-5-16(13-25)20(26)21-8-12-27-3/h15-17H,4-14H2,1-3H3,(H,21,26)/t16-/m0/s1. The molecule has 0 saturated carbocycles. The summed E-state index contributed by atoms with van der Waals surface area (Å²) in [5.74, 6) is 2.08. The van der Waals surface area contributed by atoms with E-state index in [-0.39, 0.29) is 11.8 Å². The number of carbonyl (C=O) groups is 1. The van der Waals surface area contributed by atoms with Gasteiger partial charge in [0.25, 0.3) is 0 Å². The van der Waals surface area contributed by atoms with Crippen LogP contribution in [0.5, 0.6) is 0 Å². The molecule has 1 amide bonds. The second-order valence-corrected chi connectivity index (χ2v) is 8.33. The third kappa shape index (κ3) is 5.75. The highest BCUT2D eigenvalue weighted by atomic mass is 16.5. The molecular weight excluding hydrogens is 358 g/mol. The van der Waals surface area contributed by atoms with Crippen LogP contribution in [-0.2, 0) is 16.1 Å². The fourth-order valence-corrected chi connectivity index (χ4v) is 4.17. The summed E-state index contributed by atoms with van der Waals surface area (Å²) in [6.07, 6.45) is 4.35. The van der Waals surface area contributed by atoms with E-state index >= 15 is 0 Å². The Morgan fingerprint density at radius 3 is 2.75 bits per heavy atom. The number of hydrogen-bond donors (Lipinski definition) is 1. The summed E-state index contributed by atoms with van der Waals surface area (Å²) in [7, 11) is 1.66. The van der Waals surface area contributed by atoms with Crippen LogP contribution in [0.2, 0.25) is 0 Å². The minimum atomic E-state index is 0.108. The van der Waals surface area contributed by atoms with Gasteiger partial charge < -0.3 is 14.6 Å². The molecule has 1 aromatic heterocycles. The van der Waals surface area contributed by atoms with Gasteiger partial charge in [0.05, 0.1) is 19.1 Å². The Balaban J connectivity index is 1.43. The molecule has 1 N–H and O–H groups in total. The number of rotatable bonds is 8. The average molecular weight is 394 g/mol. The van der Waals surface area contributed by atoms with Gasteiger partial charge in [0, 0.05) is 45.2 Å². The molecule has 0 aliphatic carbocycles. The lowest BCUT2D eigenvalue weighted by Crippen LogP contribution is -2.50. The first-order valence-electron chi connectivity index (χ1n) is 10.6. The zero-order chi connectivity index (χ0) is 19.9. The number of aromatic nitrogens is 2. The first-order valence-corrected chi connectivity index (χ1v) is 10.6. The van der Waals surface area contributed by atoms with Crippen LogP contribution < -0.4 is 5.32 Å². The van der Waals surface area contributed by atoms with Crippen molar-refractivity contribution in [2.45, 2.75) is 58.0 Å². The van der Waals surface area contributed by atoms with E-state index in [9.17, 15) is 4.79 Å². The van der Waals surface area contributed by atoms with Crippen molar-refractivity contribution >= 4 is 5.91 Å². The van der Waals surface area contributed by atoms with Gasteiger partial charge in [0.1, 0.15) is 0 Å². The van der Waals surface area contributed by atoms with E-state index in [1.165, 1.54) is 0 Å². The summed E-state index contributed by atoms with van der Waals surface area (Å²) in [6.45, 7) is 10.1. The molecule has 1 aromatic rings. The minimum absolute atomic E-state index is 0.108. The zero-order valence-electron chi connectivity index (χ0n) is 17.5. The van der Waals surface area contributed by atoms with Crippen molar-refractivity contribution in [1.29, 1.82) is 0 Å². The number of hydrogen-bond acceptors (Lipinski definition) is 7. The normalized spacial score (nSPS) is 22.6. The summed E-state index contributed by atoms with van der Waals surface area (Å²) in [5.41, 5.74) is 0. The summed E-state index contributed by atoms with van der Waals surface area (Å²) < 4.78 is 10.4. The predicted octanol–water partition coefficient (Wildman–Crippen LogP) is 1.63. The number of piperidine rings is 2. The van der Waals surface area contributed by atoms with Gasteiger partial charge in [-0.2, -0.15) is 4.98 Å². The molecule has 0 aromatic carbocycles. The Morgan fingerprint density at radius 2 is 2.07 bits per heavy atom. The van der Waals surface area contributed by atoms with Gasteiger partial charge >= 0.3 is 0 Å². The molecule has 158 valence electrons. The molecule has 0 unspecified atom stereocenters. The lowest BCUT2D eigenvalue weighted by atomic mass is 9.93. The number of amides is 1. The first kappa shape index (κ1) is 21.2. The summed E-state index contributed by atoms with van der Waals surface area (Å²) in [5, 5.41) is 7.05. The molecule has 0 spiro atoms. The van der Waals surface area contributed by atoms with Gasteiger partial charge in [-0.3, -0.25) is 14.6 Å². The second-order valence-electron chi connectivity index (χ2n) is 8.33. The second kappa shape index (κ2) is 10.3. The SMILES string of the molecule is COCCNC(=O)[C@H]1CCCN(C2CCN(Cc3nc(C(C)C)no3)CC2)C1. The number of ether oxygens (including phenoxy) is 1. The molecule has 0 bridgehead atoms. The highest BCUT2D eigenvalue weighted by Crippen LogP contribution is 2.24. The topological polar surface area (TPSA) is 83.7 Å². The molecule has 2 aliphatic heterocycles. The Labute approximate surface area is 168 Å². The van der Waals surface area contributed by atoms with E-state index in [1.54, 1.807) is 7.11 Å². The molecule has 3 rings (SSSR count). The number of carbonyl (C=O) groups excluding carboxylic acids is 1. The predicted molar refractivity (Wildman–Crippen MR) is 106 cm³/mol. The van der Waals surface area contributed by atoms with Crippen LogP contribution in [0.3, 0.4) is 0 Å². The van der Waals surface area contributed by atoms with E-state index in [1.807, 2.05) is 0 Å². The van der Waals surface area contributed by atoms with Crippen molar-refractivity contribution < 1.29 is 14.1 Å². The van der Waals surface area contributed by atoms with Gasteiger partial charge in [-0.1, -0.05) is 19.0 Å². The molecule has 2 aliphatic rings. The molecule has 28 heavy (non-hydrogen) atoms. The van der Waals surface area contributed by atoms with Crippen LogP contribution in [0.25, 0.3) is 0 Å². The Morgan fingerprint density at radius 1 is 1.29 bits per heavy atom. The van der Waals surface area contributed by atoms with Crippen molar-refractivity contribution in [2.75, 3.05) is 46.4 Å². The maximum absolute atomic E-state index is 12.4. The minimum Gasteiger partial charge on any atom is -0.383 e. The van der Waals surface area contributed by atoms with Gasteiger partial charge in [0.2, 0.25) is 11.8 Å². The molecule has 1 atom stereocenters. The number of likely N-dealkylation sites (tertiary alicyclic amines) is 2. The maximum Gasteiger partial charge on any atom is 0.240 e. The van der Waals surface area contributed by atoms with Crippen LogP contribution in [0.4, 0.5) is 0 Å². The van der Waals surface area contributed by atoms with Crippen molar-refractivity contribution in [3.8, 4) is 0 Å². The van der Waals surface area contributed by atoms with Crippen molar-refractivity contribution in [3.05, 3.63) is 11.7 Å². The van der Waals surface area contributed by atoms with E-state index in [0.29, 0.717) is 31.0 Å². The van der Waals surface area contributed by atoms with E-state index in [0.717, 1.165) is 64.2 Å². The Kier molecular flexibility index (Phi) is 7.82. The van der Waals surface area contributed by atoms with Gasteiger partial charge in [-0.25, -0.2) is 0 Å². The highest BCUT2D eigenvalue weighted by Gasteiger charge is 2.31. The summed E-state index contributed by atoms with van der Waals surface area (Å²) in [4.78, 5) is 21.8. The lowest BCUT2D eigenvalue weighted by molar-refractivity contribution is -0.127. The molecule has 8 heteroatoms. The maximum atomic E-state index is 12.4. The van der Waals surface area contributed by atoms with Crippen molar-refractivity contribution in [3.63, 3.8) is 0 Å². The van der Waals surface area contributed by atoms with Crippen LogP contribution in [0.15, 0.2) is 4.52 Å². The van der Waals surface area contributed by atoms with E-state index in [4.69, 9.17) is 9.26 Å².